The topological polar surface area (TPSA) is 92.9 Å². The van der Waals surface area contributed by atoms with Crippen LogP contribution in [-0.4, -0.2) is 41.7 Å². The molecule has 8 heteroatoms. The molecule has 0 unspecified atom stereocenters. The summed E-state index contributed by atoms with van der Waals surface area (Å²) in [5.41, 5.74) is 3.88. The van der Waals surface area contributed by atoms with Gasteiger partial charge in [0.05, 0.1) is 5.69 Å². The molecule has 208 valence electrons. The lowest BCUT2D eigenvalue weighted by Gasteiger charge is -2.34. The van der Waals surface area contributed by atoms with E-state index in [-0.39, 0.29) is 16.7 Å². The van der Waals surface area contributed by atoms with Gasteiger partial charge in [0.2, 0.25) is 5.91 Å². The Morgan fingerprint density at radius 1 is 1.00 bits per heavy atom. The summed E-state index contributed by atoms with van der Waals surface area (Å²) in [4.78, 5) is 33.6. The summed E-state index contributed by atoms with van der Waals surface area (Å²) in [5.74, 6) is 0.669. The van der Waals surface area contributed by atoms with Crippen molar-refractivity contribution in [3.63, 3.8) is 0 Å². The number of aromatic carboxylic acids is 1. The second-order valence-electron chi connectivity index (χ2n) is 11.2. The molecule has 0 atom stereocenters. The third-order valence-electron chi connectivity index (χ3n) is 8.35. The Kier molecular flexibility index (Phi) is 7.71. The van der Waals surface area contributed by atoms with Crippen LogP contribution >= 0.6 is 11.3 Å². The SMILES string of the molecule is C[C@H]1CC[C@H](C(=O)N(CC2CCOCC2)c2cc(-c3ccc(-c4cc5ncccc5o4)cc3)sc2C(=O)O)CC1. The van der Waals surface area contributed by atoms with Crippen LogP contribution in [0.3, 0.4) is 0 Å². The van der Waals surface area contributed by atoms with E-state index in [2.05, 4.69) is 11.9 Å². The van der Waals surface area contributed by atoms with Gasteiger partial charge in [-0.1, -0.05) is 31.2 Å². The number of hydrogen-bond acceptors (Lipinski definition) is 6. The van der Waals surface area contributed by atoms with Crippen molar-refractivity contribution in [2.24, 2.45) is 17.8 Å². The Bertz CT molecular complexity index is 1460. The van der Waals surface area contributed by atoms with Crippen molar-refractivity contribution in [1.82, 2.24) is 4.98 Å². The van der Waals surface area contributed by atoms with Crippen molar-refractivity contribution in [2.45, 2.75) is 45.4 Å². The first kappa shape index (κ1) is 26.7. The summed E-state index contributed by atoms with van der Waals surface area (Å²) in [6.07, 6.45) is 7.30. The van der Waals surface area contributed by atoms with Crippen molar-refractivity contribution in [1.29, 1.82) is 0 Å². The third-order valence-corrected chi connectivity index (χ3v) is 9.51. The zero-order valence-electron chi connectivity index (χ0n) is 22.7. The smallest absolute Gasteiger partial charge is 0.348 e. The quantitative estimate of drug-likeness (QED) is 0.252. The molecule has 40 heavy (non-hydrogen) atoms. The highest BCUT2D eigenvalue weighted by molar-refractivity contribution is 7.18. The molecule has 1 saturated heterocycles. The molecule has 1 saturated carbocycles. The van der Waals surface area contributed by atoms with Crippen molar-refractivity contribution in [2.75, 3.05) is 24.7 Å². The van der Waals surface area contributed by atoms with Gasteiger partial charge in [-0.3, -0.25) is 9.78 Å². The van der Waals surface area contributed by atoms with Gasteiger partial charge < -0.3 is 19.2 Å². The predicted molar refractivity (Wildman–Crippen MR) is 157 cm³/mol. The average Bonchev–Trinajstić information content (AvgIpc) is 3.62. The van der Waals surface area contributed by atoms with Crippen molar-refractivity contribution in [3.8, 4) is 21.8 Å². The first-order valence-corrected chi connectivity index (χ1v) is 15.0. The Morgan fingerprint density at radius 3 is 2.42 bits per heavy atom. The number of amides is 1. The number of rotatable bonds is 7. The first-order chi connectivity index (χ1) is 19.5. The molecule has 3 aromatic heterocycles. The number of pyridine rings is 1. The standard InChI is InChI=1S/C32H34N2O5S/c1-20-4-6-24(7-5-20)31(35)34(19-21-12-15-38-16-13-21)26-18-29(40-30(26)32(36)37)23-10-8-22(9-11-23)28-17-25-27(39-28)3-2-14-33-25/h2-3,8-11,14,17-18,20-21,24H,4-7,12-13,15-16,19H2,1H3,(H,36,37)/t20-,24-. The highest BCUT2D eigenvalue weighted by Gasteiger charge is 2.33. The normalized spacial score (nSPS) is 20.0. The number of carbonyl (C=O) groups excluding carboxylic acids is 1. The minimum Gasteiger partial charge on any atom is -0.477 e. The number of ether oxygens (including phenoxy) is 1. The van der Waals surface area contributed by atoms with Crippen LogP contribution < -0.4 is 4.90 Å². The highest BCUT2D eigenvalue weighted by atomic mass is 32.1. The summed E-state index contributed by atoms with van der Waals surface area (Å²) in [5, 5.41) is 10.2. The number of carbonyl (C=O) groups is 2. The van der Waals surface area contributed by atoms with E-state index in [9.17, 15) is 14.7 Å². The van der Waals surface area contributed by atoms with Gasteiger partial charge in [-0.25, -0.2) is 4.79 Å². The molecule has 1 amide bonds. The molecule has 7 nitrogen and oxygen atoms in total. The van der Waals surface area contributed by atoms with E-state index < -0.39 is 5.97 Å². The lowest BCUT2D eigenvalue weighted by Crippen LogP contribution is -2.42. The minimum atomic E-state index is -1.00. The minimum absolute atomic E-state index is 0.0568. The van der Waals surface area contributed by atoms with Crippen LogP contribution in [0.15, 0.2) is 59.1 Å². The number of aromatic nitrogens is 1. The molecule has 2 aliphatic rings. The largest absolute Gasteiger partial charge is 0.477 e. The Labute approximate surface area is 237 Å². The van der Waals surface area contributed by atoms with E-state index in [0.717, 1.165) is 71.4 Å². The highest BCUT2D eigenvalue weighted by Crippen LogP contribution is 2.40. The van der Waals surface area contributed by atoms with Crippen LogP contribution in [0.4, 0.5) is 5.69 Å². The van der Waals surface area contributed by atoms with Crippen LogP contribution in [-0.2, 0) is 9.53 Å². The molecule has 0 bridgehead atoms. The molecule has 1 aromatic carbocycles. The molecular weight excluding hydrogens is 524 g/mol. The fraction of sp³-hybridized carbons (Fsp3) is 0.406. The van der Waals surface area contributed by atoms with Crippen LogP contribution in [0.5, 0.6) is 0 Å². The van der Waals surface area contributed by atoms with E-state index in [0.29, 0.717) is 37.3 Å². The zero-order chi connectivity index (χ0) is 27.6. The van der Waals surface area contributed by atoms with Crippen molar-refractivity contribution < 1.29 is 23.8 Å². The maximum absolute atomic E-state index is 14.0. The second kappa shape index (κ2) is 11.6. The lowest BCUT2D eigenvalue weighted by atomic mass is 9.82. The Morgan fingerprint density at radius 2 is 1.73 bits per heavy atom. The molecular formula is C32H34N2O5S. The summed E-state index contributed by atoms with van der Waals surface area (Å²) in [7, 11) is 0. The van der Waals surface area contributed by atoms with Gasteiger partial charge in [-0.05, 0) is 74.1 Å². The van der Waals surface area contributed by atoms with E-state index in [1.807, 2.05) is 48.5 Å². The maximum Gasteiger partial charge on any atom is 0.348 e. The molecule has 0 radical (unpaired) electrons. The number of carboxylic acids is 1. The van der Waals surface area contributed by atoms with E-state index >= 15 is 0 Å². The first-order valence-electron chi connectivity index (χ1n) is 14.2. The molecule has 4 heterocycles. The van der Waals surface area contributed by atoms with Gasteiger partial charge in [0.25, 0.3) is 0 Å². The predicted octanol–water partition coefficient (Wildman–Crippen LogP) is 7.51. The third kappa shape index (κ3) is 5.56. The lowest BCUT2D eigenvalue weighted by molar-refractivity contribution is -0.123. The van der Waals surface area contributed by atoms with E-state index in [1.54, 1.807) is 11.1 Å². The van der Waals surface area contributed by atoms with E-state index in [1.165, 1.54) is 11.3 Å². The fourth-order valence-electron chi connectivity index (χ4n) is 5.91. The molecule has 6 rings (SSSR count). The zero-order valence-corrected chi connectivity index (χ0v) is 23.5. The summed E-state index contributed by atoms with van der Waals surface area (Å²) in [6, 6.07) is 15.5. The second-order valence-corrected chi connectivity index (χ2v) is 12.2. The van der Waals surface area contributed by atoms with E-state index in [4.69, 9.17) is 9.15 Å². The summed E-state index contributed by atoms with van der Waals surface area (Å²) in [6.45, 7) is 4.14. The number of carboxylic acid groups (broad SMARTS) is 1. The number of benzene rings is 1. The van der Waals surface area contributed by atoms with Gasteiger partial charge >= 0.3 is 5.97 Å². The number of fused-ring (bicyclic) bond motifs is 1. The number of thiophene rings is 1. The average molecular weight is 559 g/mol. The summed E-state index contributed by atoms with van der Waals surface area (Å²) >= 11 is 1.23. The molecule has 4 aromatic rings. The fourth-order valence-corrected chi connectivity index (χ4v) is 6.92. The van der Waals surface area contributed by atoms with Crippen LogP contribution in [0.2, 0.25) is 0 Å². The van der Waals surface area contributed by atoms with Gasteiger partial charge in [-0.2, -0.15) is 0 Å². The summed E-state index contributed by atoms with van der Waals surface area (Å²) < 4.78 is 11.5. The monoisotopic (exact) mass is 558 g/mol. The van der Waals surface area contributed by atoms with Crippen molar-refractivity contribution >= 4 is 40.0 Å². The van der Waals surface area contributed by atoms with Gasteiger partial charge in [-0.15, -0.1) is 11.3 Å². The van der Waals surface area contributed by atoms with Gasteiger partial charge in [0, 0.05) is 48.4 Å². The Balaban J connectivity index is 1.31. The molecule has 2 fully saturated rings. The van der Waals surface area contributed by atoms with Gasteiger partial charge in [0.15, 0.2) is 5.58 Å². The van der Waals surface area contributed by atoms with Crippen LogP contribution in [0, 0.1) is 17.8 Å². The van der Waals surface area contributed by atoms with Crippen LogP contribution in [0.25, 0.3) is 32.9 Å². The Hall–Kier alpha value is -3.49. The molecule has 0 spiro atoms. The number of furan rings is 1. The number of anilines is 1. The maximum atomic E-state index is 14.0. The van der Waals surface area contributed by atoms with Gasteiger partial charge in [0.1, 0.15) is 16.2 Å². The van der Waals surface area contributed by atoms with Crippen LogP contribution in [0.1, 0.15) is 55.1 Å². The molecule has 1 aliphatic carbocycles. The van der Waals surface area contributed by atoms with Crippen molar-refractivity contribution in [3.05, 3.63) is 59.6 Å². The molecule has 1 aliphatic heterocycles. The molecule has 1 N–H and O–H groups in total. The number of hydrogen-bond donors (Lipinski definition) is 1. The number of nitrogens with zero attached hydrogens (tertiary/aromatic N) is 2.